The van der Waals surface area contributed by atoms with Gasteiger partial charge in [0.05, 0.1) is 9.92 Å². The molecule has 198 valence electrons. The van der Waals surface area contributed by atoms with Gasteiger partial charge in [0, 0.05) is 17.8 Å². The Morgan fingerprint density at radius 2 is 1.17 bits per heavy atom. The van der Waals surface area contributed by atoms with Crippen LogP contribution in [0.15, 0.2) is 53.7 Å². The minimum atomic E-state index is -6.00. The molecular weight excluding hydrogens is 556 g/mol. The standard InChI is InChI=1S/C14H11ClN2O2S.3BF4/c1-10-2-4-13(5-3-10)20(18,19)17-7-6-11-8-12(15)9-16-14(11)17;3*2-1(3,4)5/h2-9H,1H3;;;/q;3*-1. The van der Waals surface area contributed by atoms with E-state index in [-0.39, 0.29) is 4.90 Å². The van der Waals surface area contributed by atoms with Gasteiger partial charge in [-0.15, -0.1) is 0 Å². The normalized spacial score (nSPS) is 11.9. The molecule has 0 fully saturated rings. The Labute approximate surface area is 195 Å². The summed E-state index contributed by atoms with van der Waals surface area (Å²) >= 11 is 5.86. The van der Waals surface area contributed by atoms with Gasteiger partial charge in [-0.05, 0) is 31.2 Å². The summed E-state index contributed by atoms with van der Waals surface area (Å²) in [7, 11) is -21.6. The molecule has 0 aliphatic heterocycles. The average molecular weight is 567 g/mol. The Morgan fingerprint density at radius 1 is 0.771 bits per heavy atom. The highest BCUT2D eigenvalue weighted by molar-refractivity contribution is 7.90. The van der Waals surface area contributed by atoms with E-state index < -0.39 is 31.8 Å². The maximum atomic E-state index is 12.6. The van der Waals surface area contributed by atoms with Crippen molar-refractivity contribution >= 4 is 54.4 Å². The van der Waals surface area contributed by atoms with E-state index in [1.807, 2.05) is 6.92 Å². The van der Waals surface area contributed by atoms with Crippen molar-refractivity contribution in [3.05, 3.63) is 59.4 Å². The van der Waals surface area contributed by atoms with Crippen LogP contribution in [0.4, 0.5) is 51.8 Å². The molecule has 0 unspecified atom stereocenters. The quantitative estimate of drug-likeness (QED) is 0.245. The molecule has 2 aromatic heterocycles. The van der Waals surface area contributed by atoms with Gasteiger partial charge < -0.3 is 51.8 Å². The fraction of sp³-hybridized carbons (Fsp3) is 0.0714. The van der Waals surface area contributed by atoms with Crippen molar-refractivity contribution in [2.45, 2.75) is 11.8 Å². The van der Waals surface area contributed by atoms with E-state index >= 15 is 0 Å². The molecule has 0 aliphatic carbocycles. The first kappa shape index (κ1) is 32.5. The zero-order valence-corrected chi connectivity index (χ0v) is 18.5. The van der Waals surface area contributed by atoms with Gasteiger partial charge in [-0.25, -0.2) is 17.4 Å². The van der Waals surface area contributed by atoms with E-state index in [2.05, 4.69) is 4.98 Å². The van der Waals surface area contributed by atoms with Crippen molar-refractivity contribution in [3.8, 4) is 0 Å². The SMILES string of the molecule is Cc1ccc(S(=O)(=O)n2ccc3cc(Cl)cnc32)cc1.F[B-](F)(F)F.F[B-](F)(F)F.F[B-](F)(F)F. The molecule has 0 bridgehead atoms. The van der Waals surface area contributed by atoms with Gasteiger partial charge in [-0.1, -0.05) is 29.3 Å². The number of aromatic nitrogens is 2. The number of aryl methyl sites for hydroxylation is 1. The molecule has 0 N–H and O–H groups in total. The monoisotopic (exact) mass is 567 g/mol. The zero-order valence-electron chi connectivity index (χ0n) is 16.9. The van der Waals surface area contributed by atoms with Crippen molar-refractivity contribution in [1.29, 1.82) is 0 Å². The molecule has 0 saturated heterocycles. The Bertz CT molecular complexity index is 1140. The second-order valence-corrected chi connectivity index (χ2v) is 8.23. The highest BCUT2D eigenvalue weighted by Gasteiger charge is 2.22. The molecule has 0 saturated carbocycles. The van der Waals surface area contributed by atoms with Gasteiger partial charge in [0.25, 0.3) is 10.0 Å². The lowest BCUT2D eigenvalue weighted by Gasteiger charge is -2.07. The second-order valence-electron chi connectivity index (χ2n) is 5.98. The van der Waals surface area contributed by atoms with Crippen LogP contribution in [0.3, 0.4) is 0 Å². The molecule has 0 radical (unpaired) electrons. The molecule has 0 aliphatic rings. The van der Waals surface area contributed by atoms with E-state index in [4.69, 9.17) is 11.6 Å². The number of nitrogens with zero attached hydrogens (tertiary/aromatic N) is 2. The number of rotatable bonds is 2. The molecule has 3 aromatic rings. The van der Waals surface area contributed by atoms with Crippen LogP contribution in [0.5, 0.6) is 0 Å². The van der Waals surface area contributed by atoms with Gasteiger partial charge in [0.15, 0.2) is 5.65 Å². The predicted octanol–water partition coefficient (Wildman–Crippen LogP) is 7.14. The van der Waals surface area contributed by atoms with Gasteiger partial charge in [-0.3, -0.25) is 0 Å². The average Bonchev–Trinajstić information content (AvgIpc) is 3.01. The minimum absolute atomic E-state index is 0.234. The Kier molecular flexibility index (Phi) is 11.6. The summed E-state index contributed by atoms with van der Waals surface area (Å²) in [4.78, 5) is 4.34. The summed E-state index contributed by atoms with van der Waals surface area (Å²) < 4.78 is 143. The molecule has 0 atom stereocenters. The fourth-order valence-corrected chi connectivity index (χ4v) is 3.47. The van der Waals surface area contributed by atoms with Crippen molar-refractivity contribution in [2.75, 3.05) is 0 Å². The molecule has 4 nitrogen and oxygen atoms in total. The molecule has 3 rings (SSSR count). The van der Waals surface area contributed by atoms with Crippen LogP contribution in [-0.2, 0) is 10.0 Å². The lowest BCUT2D eigenvalue weighted by molar-refractivity contribution is 0.366. The number of pyridine rings is 1. The summed E-state index contributed by atoms with van der Waals surface area (Å²) in [5, 5.41) is 1.16. The second kappa shape index (κ2) is 12.5. The minimum Gasteiger partial charge on any atom is -0.418 e. The Morgan fingerprint density at radius 3 is 1.57 bits per heavy atom. The topological polar surface area (TPSA) is 52.0 Å². The number of hydrogen-bond acceptors (Lipinski definition) is 3. The van der Waals surface area contributed by atoms with E-state index in [1.165, 1.54) is 16.4 Å². The fourth-order valence-electron chi connectivity index (χ4n) is 1.99. The Balaban J connectivity index is 0.000000635. The largest absolute Gasteiger partial charge is 0.673 e. The first-order valence-corrected chi connectivity index (χ1v) is 10.4. The first-order valence-electron chi connectivity index (χ1n) is 8.55. The summed E-state index contributed by atoms with van der Waals surface area (Å²) in [6.07, 6.45) is 2.92. The van der Waals surface area contributed by atoms with E-state index in [0.717, 1.165) is 5.56 Å². The van der Waals surface area contributed by atoms with Crippen molar-refractivity contribution < 1.29 is 60.2 Å². The summed E-state index contributed by atoms with van der Waals surface area (Å²) in [5.41, 5.74) is 1.38. The van der Waals surface area contributed by atoms with Crippen molar-refractivity contribution in [1.82, 2.24) is 8.96 Å². The van der Waals surface area contributed by atoms with Crippen LogP contribution in [0.1, 0.15) is 5.56 Å². The van der Waals surface area contributed by atoms with Gasteiger partial charge in [0.2, 0.25) is 0 Å². The van der Waals surface area contributed by atoms with Crippen LogP contribution < -0.4 is 0 Å². The predicted molar refractivity (Wildman–Crippen MR) is 109 cm³/mol. The number of benzene rings is 1. The van der Waals surface area contributed by atoms with Crippen LogP contribution in [0.2, 0.25) is 5.02 Å². The molecule has 0 spiro atoms. The van der Waals surface area contributed by atoms with E-state index in [9.17, 15) is 60.2 Å². The van der Waals surface area contributed by atoms with Crippen LogP contribution >= 0.6 is 11.6 Å². The molecule has 0 amide bonds. The molecule has 1 aromatic carbocycles. The first-order chi connectivity index (χ1) is 15.5. The number of halogens is 13. The van der Waals surface area contributed by atoms with E-state index in [1.54, 1.807) is 36.4 Å². The maximum absolute atomic E-state index is 12.6. The third-order valence-corrected chi connectivity index (χ3v) is 4.92. The molecule has 35 heavy (non-hydrogen) atoms. The van der Waals surface area contributed by atoms with Gasteiger partial charge in [-0.2, -0.15) is 0 Å². The Hall–Kier alpha value is -2.50. The highest BCUT2D eigenvalue weighted by atomic mass is 35.5. The lowest BCUT2D eigenvalue weighted by atomic mass is 10.2. The summed E-state index contributed by atoms with van der Waals surface area (Å²) in [5.74, 6) is 0. The van der Waals surface area contributed by atoms with Crippen LogP contribution in [0.25, 0.3) is 11.0 Å². The van der Waals surface area contributed by atoms with Crippen molar-refractivity contribution in [3.63, 3.8) is 0 Å². The third-order valence-electron chi connectivity index (χ3n) is 3.04. The highest BCUT2D eigenvalue weighted by Crippen LogP contribution is 2.23. The van der Waals surface area contributed by atoms with Crippen LogP contribution in [-0.4, -0.2) is 39.1 Å². The van der Waals surface area contributed by atoms with Crippen LogP contribution in [0, 0.1) is 6.92 Å². The maximum Gasteiger partial charge on any atom is 0.673 e. The number of hydrogen-bond donors (Lipinski definition) is 0. The van der Waals surface area contributed by atoms with Gasteiger partial charge >= 0.3 is 21.8 Å². The van der Waals surface area contributed by atoms with E-state index in [0.29, 0.717) is 16.1 Å². The third kappa shape index (κ3) is 15.9. The summed E-state index contributed by atoms with van der Waals surface area (Å²) in [6, 6.07) is 10.1. The van der Waals surface area contributed by atoms with Crippen molar-refractivity contribution in [2.24, 2.45) is 0 Å². The zero-order chi connectivity index (χ0) is 27.8. The number of fused-ring (bicyclic) bond motifs is 1. The molecule has 21 heteroatoms. The lowest BCUT2D eigenvalue weighted by Crippen LogP contribution is -2.12. The smallest absolute Gasteiger partial charge is 0.418 e. The molecular formula is C14H11B3ClF12N2O2S-3. The van der Waals surface area contributed by atoms with Gasteiger partial charge in [0.1, 0.15) is 0 Å². The summed E-state index contributed by atoms with van der Waals surface area (Å²) in [6.45, 7) is 1.91. The molecule has 2 heterocycles.